The first-order valence-electron chi connectivity index (χ1n) is 5.35. The van der Waals surface area contributed by atoms with Crippen LogP contribution in [0.25, 0.3) is 0 Å². The zero-order valence-corrected chi connectivity index (χ0v) is 9.08. The minimum absolute atomic E-state index is 0.0266. The van der Waals surface area contributed by atoms with E-state index in [0.717, 1.165) is 12.8 Å². The molecule has 0 unspecified atom stereocenters. The van der Waals surface area contributed by atoms with E-state index < -0.39 is 6.10 Å². The topological polar surface area (TPSA) is 37.3 Å². The Kier molecular flexibility index (Phi) is 2.07. The van der Waals surface area contributed by atoms with Crippen molar-refractivity contribution in [1.29, 1.82) is 0 Å². The maximum absolute atomic E-state index is 11.8. The van der Waals surface area contributed by atoms with Gasteiger partial charge >= 0.3 is 0 Å². The van der Waals surface area contributed by atoms with Crippen molar-refractivity contribution in [3.05, 3.63) is 11.6 Å². The summed E-state index contributed by atoms with van der Waals surface area (Å²) in [5.74, 6) is 0.669. The second kappa shape index (κ2) is 2.93. The zero-order valence-electron chi connectivity index (χ0n) is 9.08. The summed E-state index contributed by atoms with van der Waals surface area (Å²) >= 11 is 0. The molecule has 0 amide bonds. The Labute approximate surface area is 85.0 Å². The molecule has 0 heterocycles. The minimum Gasteiger partial charge on any atom is -0.386 e. The number of aliphatic hydroxyl groups is 1. The molecule has 0 radical (unpaired) electrons. The SMILES string of the molecule is CC1=C[C@]2(C)C[C@@H]1C[C@H]2C(=O)[C@H](C)O. The predicted octanol–water partition coefficient (Wildman–Crippen LogP) is 1.93. The van der Waals surface area contributed by atoms with Crippen molar-refractivity contribution in [2.75, 3.05) is 0 Å². The summed E-state index contributed by atoms with van der Waals surface area (Å²) in [6.45, 7) is 5.88. The second-order valence-electron chi connectivity index (χ2n) is 5.16. The van der Waals surface area contributed by atoms with Gasteiger partial charge in [-0.15, -0.1) is 0 Å². The van der Waals surface area contributed by atoms with E-state index in [1.807, 2.05) is 0 Å². The van der Waals surface area contributed by atoms with Gasteiger partial charge in [0, 0.05) is 5.92 Å². The number of carbonyl (C=O) groups excluding carboxylic acids is 1. The molecule has 0 aromatic carbocycles. The third-order valence-corrected chi connectivity index (χ3v) is 3.96. The number of ketones is 1. The van der Waals surface area contributed by atoms with Gasteiger partial charge in [-0.1, -0.05) is 18.6 Å². The standard InChI is InChI=1S/C12H18O2/c1-7-5-12(3)6-9(7)4-10(12)11(14)8(2)13/h5,8-10,13H,4,6H2,1-3H3/t8-,9-,10-,12+/m0/s1. The molecule has 0 aliphatic heterocycles. The smallest absolute Gasteiger partial charge is 0.164 e. The van der Waals surface area contributed by atoms with Gasteiger partial charge in [0.05, 0.1) is 0 Å². The first-order valence-corrected chi connectivity index (χ1v) is 5.35. The van der Waals surface area contributed by atoms with Gasteiger partial charge in [0.25, 0.3) is 0 Å². The monoisotopic (exact) mass is 194 g/mol. The average Bonchev–Trinajstić information content (AvgIpc) is 2.54. The van der Waals surface area contributed by atoms with Gasteiger partial charge < -0.3 is 5.11 Å². The summed E-state index contributed by atoms with van der Waals surface area (Å²) in [6.07, 6.45) is 3.49. The van der Waals surface area contributed by atoms with Crippen LogP contribution in [-0.4, -0.2) is 17.0 Å². The summed E-state index contributed by atoms with van der Waals surface area (Å²) < 4.78 is 0. The molecule has 0 spiro atoms. The van der Waals surface area contributed by atoms with Gasteiger partial charge in [0.15, 0.2) is 5.78 Å². The molecule has 4 atom stereocenters. The molecule has 78 valence electrons. The van der Waals surface area contributed by atoms with Gasteiger partial charge in [0.1, 0.15) is 6.10 Å². The Hall–Kier alpha value is -0.630. The van der Waals surface area contributed by atoms with Crippen LogP contribution in [0.4, 0.5) is 0 Å². The summed E-state index contributed by atoms with van der Waals surface area (Å²) in [6, 6.07) is 0. The van der Waals surface area contributed by atoms with E-state index in [1.54, 1.807) is 6.92 Å². The van der Waals surface area contributed by atoms with Crippen molar-refractivity contribution >= 4 is 5.78 Å². The average molecular weight is 194 g/mol. The van der Waals surface area contributed by atoms with Gasteiger partial charge in [0.2, 0.25) is 0 Å². The maximum atomic E-state index is 11.8. The Bertz CT molecular complexity index is 303. The van der Waals surface area contributed by atoms with Crippen LogP contribution in [0.3, 0.4) is 0 Å². The molecule has 0 saturated heterocycles. The van der Waals surface area contributed by atoms with Gasteiger partial charge in [-0.2, -0.15) is 0 Å². The van der Waals surface area contributed by atoms with Crippen molar-refractivity contribution in [3.63, 3.8) is 0 Å². The van der Waals surface area contributed by atoms with Crippen molar-refractivity contribution in [2.24, 2.45) is 17.3 Å². The molecule has 2 rings (SSSR count). The van der Waals surface area contributed by atoms with E-state index in [9.17, 15) is 9.90 Å². The van der Waals surface area contributed by atoms with Crippen molar-refractivity contribution < 1.29 is 9.90 Å². The molecule has 2 aliphatic carbocycles. The highest BCUT2D eigenvalue weighted by Crippen LogP contribution is 2.56. The molecule has 2 bridgehead atoms. The first-order chi connectivity index (χ1) is 6.44. The van der Waals surface area contributed by atoms with Gasteiger partial charge in [-0.25, -0.2) is 0 Å². The Balaban J connectivity index is 2.23. The predicted molar refractivity (Wildman–Crippen MR) is 54.8 cm³/mol. The van der Waals surface area contributed by atoms with Crippen molar-refractivity contribution in [3.8, 4) is 0 Å². The molecular formula is C12H18O2. The van der Waals surface area contributed by atoms with E-state index >= 15 is 0 Å². The molecular weight excluding hydrogens is 176 g/mol. The van der Waals surface area contributed by atoms with Crippen molar-refractivity contribution in [1.82, 2.24) is 0 Å². The summed E-state index contributed by atoms with van der Waals surface area (Å²) in [5, 5.41) is 9.32. The van der Waals surface area contributed by atoms with Crippen LogP contribution in [0.5, 0.6) is 0 Å². The highest BCUT2D eigenvalue weighted by atomic mass is 16.3. The lowest BCUT2D eigenvalue weighted by atomic mass is 9.75. The molecule has 1 saturated carbocycles. The second-order valence-corrected chi connectivity index (χ2v) is 5.16. The Morgan fingerprint density at radius 3 is 2.71 bits per heavy atom. The highest BCUT2D eigenvalue weighted by Gasteiger charge is 2.50. The van der Waals surface area contributed by atoms with Crippen LogP contribution in [0.2, 0.25) is 0 Å². The van der Waals surface area contributed by atoms with E-state index in [4.69, 9.17) is 0 Å². The minimum atomic E-state index is -0.801. The fourth-order valence-electron chi connectivity index (χ4n) is 3.19. The highest BCUT2D eigenvalue weighted by molar-refractivity contribution is 5.86. The van der Waals surface area contributed by atoms with E-state index in [2.05, 4.69) is 19.9 Å². The number of rotatable bonds is 2. The molecule has 0 aromatic rings. The molecule has 2 nitrogen and oxygen atoms in total. The number of hydrogen-bond donors (Lipinski definition) is 1. The van der Waals surface area contributed by atoms with Crippen LogP contribution in [0.15, 0.2) is 11.6 Å². The summed E-state index contributed by atoms with van der Waals surface area (Å²) in [5.41, 5.74) is 1.46. The Morgan fingerprint density at radius 2 is 2.36 bits per heavy atom. The number of hydrogen-bond acceptors (Lipinski definition) is 2. The number of allylic oxidation sites excluding steroid dienone is 2. The van der Waals surface area contributed by atoms with Crippen LogP contribution in [0.1, 0.15) is 33.6 Å². The molecule has 0 aromatic heterocycles. The number of carbonyl (C=O) groups is 1. The molecule has 14 heavy (non-hydrogen) atoms. The largest absolute Gasteiger partial charge is 0.386 e. The van der Waals surface area contributed by atoms with Crippen LogP contribution < -0.4 is 0 Å². The molecule has 1 fully saturated rings. The van der Waals surface area contributed by atoms with Gasteiger partial charge in [-0.05, 0) is 38.0 Å². The normalized spacial score (nSPS) is 42.4. The third kappa shape index (κ3) is 1.24. The maximum Gasteiger partial charge on any atom is 0.164 e. The van der Waals surface area contributed by atoms with Crippen LogP contribution in [0, 0.1) is 17.3 Å². The zero-order chi connectivity index (χ0) is 10.5. The third-order valence-electron chi connectivity index (χ3n) is 3.96. The van der Waals surface area contributed by atoms with Crippen LogP contribution in [-0.2, 0) is 4.79 Å². The Morgan fingerprint density at radius 1 is 1.71 bits per heavy atom. The number of fused-ring (bicyclic) bond motifs is 2. The lowest BCUT2D eigenvalue weighted by molar-refractivity contribution is -0.132. The van der Waals surface area contributed by atoms with E-state index in [-0.39, 0.29) is 17.1 Å². The van der Waals surface area contributed by atoms with E-state index in [0.29, 0.717) is 5.92 Å². The fraction of sp³-hybridized carbons (Fsp3) is 0.750. The number of aliphatic hydroxyl groups excluding tert-OH is 1. The molecule has 2 heteroatoms. The first kappa shape index (κ1) is 9.91. The van der Waals surface area contributed by atoms with E-state index in [1.165, 1.54) is 5.57 Å². The lowest BCUT2D eigenvalue weighted by Gasteiger charge is -2.28. The summed E-state index contributed by atoms with van der Waals surface area (Å²) in [4.78, 5) is 11.8. The number of Topliss-reactive ketones (excluding diaryl/α,β-unsaturated/α-hetero) is 1. The quantitative estimate of drug-likeness (QED) is 0.682. The van der Waals surface area contributed by atoms with Crippen LogP contribution >= 0.6 is 0 Å². The summed E-state index contributed by atoms with van der Waals surface area (Å²) in [7, 11) is 0. The van der Waals surface area contributed by atoms with Gasteiger partial charge in [-0.3, -0.25) is 4.79 Å². The van der Waals surface area contributed by atoms with Crippen molar-refractivity contribution in [2.45, 2.75) is 39.7 Å². The molecule has 1 N–H and O–H groups in total. The molecule has 2 aliphatic rings. The lowest BCUT2D eigenvalue weighted by Crippen LogP contribution is -2.33. The fourth-order valence-corrected chi connectivity index (χ4v) is 3.19.